The second-order valence-electron chi connectivity index (χ2n) is 10.8. The van der Waals surface area contributed by atoms with Crippen LogP contribution in [0.3, 0.4) is 0 Å². The summed E-state index contributed by atoms with van der Waals surface area (Å²) in [6, 6.07) is 1.70. The Bertz CT molecular complexity index is 986. The number of carbonyl (C=O) groups is 3. The Hall–Kier alpha value is -2.33. The van der Waals surface area contributed by atoms with Gasteiger partial charge in [0.2, 0.25) is 11.8 Å². The lowest BCUT2D eigenvalue weighted by Gasteiger charge is -2.44. The van der Waals surface area contributed by atoms with Crippen molar-refractivity contribution in [1.29, 1.82) is 0 Å². The molecule has 2 fully saturated rings. The summed E-state index contributed by atoms with van der Waals surface area (Å²) in [6.45, 7) is 12.5. The molecule has 1 atom stereocenters. The third kappa shape index (κ3) is 5.11. The van der Waals surface area contributed by atoms with E-state index in [0.717, 1.165) is 37.0 Å². The SMILES string of the molecule is CC1CCC(C(=O)N(c2cc(C#CC(C)(C)C)sc2C(=O)O)C2(C(C)C)CCNC2=O)CC1. The number of aromatic carboxylic acids is 1. The molecule has 2 N–H and O–H groups in total. The number of thiophene rings is 1. The van der Waals surface area contributed by atoms with E-state index in [4.69, 9.17) is 0 Å². The van der Waals surface area contributed by atoms with Gasteiger partial charge in [0.15, 0.2) is 0 Å². The molecule has 7 heteroatoms. The van der Waals surface area contributed by atoms with Crippen LogP contribution in [0.25, 0.3) is 0 Å². The summed E-state index contributed by atoms with van der Waals surface area (Å²) < 4.78 is 0. The maximum atomic E-state index is 14.1. The van der Waals surface area contributed by atoms with Gasteiger partial charge in [-0.2, -0.15) is 0 Å². The van der Waals surface area contributed by atoms with Crippen LogP contribution in [0.2, 0.25) is 0 Å². The van der Waals surface area contributed by atoms with Crippen molar-refractivity contribution in [2.75, 3.05) is 11.4 Å². The fourth-order valence-corrected chi connectivity index (χ4v) is 5.72. The van der Waals surface area contributed by atoms with Gasteiger partial charge in [-0.25, -0.2) is 4.79 Å². The lowest BCUT2D eigenvalue weighted by molar-refractivity contribution is -0.132. The van der Waals surface area contributed by atoms with E-state index < -0.39 is 11.5 Å². The first-order chi connectivity index (χ1) is 15.4. The van der Waals surface area contributed by atoms with E-state index in [2.05, 4.69) is 24.1 Å². The monoisotopic (exact) mass is 472 g/mol. The van der Waals surface area contributed by atoms with Gasteiger partial charge < -0.3 is 10.4 Å². The van der Waals surface area contributed by atoms with Gasteiger partial charge in [0.05, 0.1) is 10.6 Å². The summed E-state index contributed by atoms with van der Waals surface area (Å²) in [5.41, 5.74) is -1.05. The number of carboxylic acids is 1. The first kappa shape index (κ1) is 25.3. The van der Waals surface area contributed by atoms with Crippen molar-refractivity contribution in [2.24, 2.45) is 23.2 Å². The zero-order chi connectivity index (χ0) is 24.6. The zero-order valence-electron chi connectivity index (χ0n) is 20.6. The Labute approximate surface area is 201 Å². The molecular formula is C26H36N2O4S. The number of rotatable bonds is 5. The van der Waals surface area contributed by atoms with Gasteiger partial charge in [-0.15, -0.1) is 11.3 Å². The highest BCUT2D eigenvalue weighted by molar-refractivity contribution is 7.15. The highest BCUT2D eigenvalue weighted by Gasteiger charge is 2.54. The minimum Gasteiger partial charge on any atom is -0.477 e. The number of nitrogens with zero attached hydrogens (tertiary/aromatic N) is 1. The summed E-state index contributed by atoms with van der Waals surface area (Å²) in [5, 5.41) is 12.9. The van der Waals surface area contributed by atoms with E-state index in [1.54, 1.807) is 11.0 Å². The van der Waals surface area contributed by atoms with Crippen molar-refractivity contribution in [3.8, 4) is 11.8 Å². The second kappa shape index (κ2) is 9.50. The van der Waals surface area contributed by atoms with Crippen LogP contribution in [0.4, 0.5) is 5.69 Å². The molecule has 1 aliphatic heterocycles. The van der Waals surface area contributed by atoms with Gasteiger partial charge in [-0.3, -0.25) is 14.5 Å². The normalized spacial score (nSPS) is 25.4. The van der Waals surface area contributed by atoms with E-state index >= 15 is 0 Å². The number of carboxylic acid groups (broad SMARTS) is 1. The molecule has 1 aliphatic carbocycles. The molecule has 0 spiro atoms. The Balaban J connectivity index is 2.18. The highest BCUT2D eigenvalue weighted by atomic mass is 32.1. The van der Waals surface area contributed by atoms with Crippen molar-refractivity contribution in [1.82, 2.24) is 5.32 Å². The van der Waals surface area contributed by atoms with Gasteiger partial charge in [-0.05, 0) is 70.8 Å². The Kier molecular flexibility index (Phi) is 7.28. The number of amides is 2. The first-order valence-electron chi connectivity index (χ1n) is 11.9. The van der Waals surface area contributed by atoms with E-state index in [1.807, 2.05) is 34.6 Å². The van der Waals surface area contributed by atoms with Crippen LogP contribution in [0.15, 0.2) is 6.07 Å². The molecular weight excluding hydrogens is 436 g/mol. The minimum absolute atomic E-state index is 0.0606. The van der Waals surface area contributed by atoms with E-state index in [-0.39, 0.29) is 33.9 Å². The van der Waals surface area contributed by atoms with Crippen molar-refractivity contribution in [3.05, 3.63) is 15.8 Å². The van der Waals surface area contributed by atoms with E-state index in [1.165, 1.54) is 0 Å². The summed E-state index contributed by atoms with van der Waals surface area (Å²) >= 11 is 1.07. The maximum Gasteiger partial charge on any atom is 0.348 e. The maximum absolute atomic E-state index is 14.1. The van der Waals surface area contributed by atoms with Crippen LogP contribution >= 0.6 is 11.3 Å². The van der Waals surface area contributed by atoms with Gasteiger partial charge >= 0.3 is 5.97 Å². The predicted octanol–water partition coefficient (Wildman–Crippen LogP) is 4.92. The molecule has 2 heterocycles. The fraction of sp³-hybridized carbons (Fsp3) is 0.654. The van der Waals surface area contributed by atoms with Crippen LogP contribution < -0.4 is 10.2 Å². The molecule has 3 rings (SSSR count). The molecule has 1 aromatic heterocycles. The van der Waals surface area contributed by atoms with Crippen molar-refractivity contribution >= 4 is 34.8 Å². The third-order valence-electron chi connectivity index (χ3n) is 6.83. The molecule has 1 unspecified atom stereocenters. The first-order valence-corrected chi connectivity index (χ1v) is 12.7. The van der Waals surface area contributed by atoms with Gasteiger partial charge in [0.25, 0.3) is 0 Å². The summed E-state index contributed by atoms with van der Waals surface area (Å²) in [6.07, 6.45) is 3.90. The summed E-state index contributed by atoms with van der Waals surface area (Å²) in [4.78, 5) is 41.8. The van der Waals surface area contributed by atoms with Crippen LogP contribution in [0.1, 0.15) is 88.2 Å². The topological polar surface area (TPSA) is 86.7 Å². The van der Waals surface area contributed by atoms with Crippen molar-refractivity contribution in [2.45, 2.75) is 79.2 Å². The molecule has 33 heavy (non-hydrogen) atoms. The highest BCUT2D eigenvalue weighted by Crippen LogP contribution is 2.43. The number of nitrogens with one attached hydrogen (secondary N) is 1. The minimum atomic E-state index is -1.11. The lowest BCUT2D eigenvalue weighted by atomic mass is 9.78. The quantitative estimate of drug-likeness (QED) is 0.596. The molecule has 0 radical (unpaired) electrons. The van der Waals surface area contributed by atoms with Crippen molar-refractivity contribution < 1.29 is 19.5 Å². The molecule has 1 aromatic rings. The molecule has 180 valence electrons. The smallest absolute Gasteiger partial charge is 0.348 e. The van der Waals surface area contributed by atoms with Gasteiger partial charge in [0, 0.05) is 17.9 Å². The average molecular weight is 473 g/mol. The van der Waals surface area contributed by atoms with Crippen molar-refractivity contribution in [3.63, 3.8) is 0 Å². The number of carbonyl (C=O) groups excluding carboxylic acids is 2. The lowest BCUT2D eigenvalue weighted by Crippen LogP contribution is -2.61. The molecule has 2 amide bonds. The molecule has 1 saturated heterocycles. The molecule has 1 saturated carbocycles. The molecule has 2 aliphatic rings. The third-order valence-corrected chi connectivity index (χ3v) is 7.86. The standard InChI is InChI=1S/C26H36N2O4S/c1-16(2)26(13-14-27-24(26)32)28(22(29)18-9-7-17(3)8-10-18)20-15-19(11-12-25(4,5)6)33-21(20)23(30)31/h15-18H,7-10,13-14H2,1-6H3,(H,27,32)(H,30,31). The largest absolute Gasteiger partial charge is 0.477 e. The number of anilines is 1. The number of hydrogen-bond donors (Lipinski definition) is 2. The van der Waals surface area contributed by atoms with Gasteiger partial charge in [0.1, 0.15) is 10.4 Å². The predicted molar refractivity (Wildman–Crippen MR) is 131 cm³/mol. The molecule has 6 nitrogen and oxygen atoms in total. The molecule has 0 aromatic carbocycles. The van der Waals surface area contributed by atoms with Gasteiger partial charge in [-0.1, -0.05) is 32.6 Å². The second-order valence-corrected chi connectivity index (χ2v) is 11.9. The van der Waals surface area contributed by atoms with E-state index in [9.17, 15) is 19.5 Å². The van der Waals surface area contributed by atoms with Crippen LogP contribution in [0, 0.1) is 35.0 Å². The zero-order valence-corrected chi connectivity index (χ0v) is 21.4. The van der Waals surface area contributed by atoms with E-state index in [0.29, 0.717) is 29.4 Å². The Morgan fingerprint density at radius 2 is 1.88 bits per heavy atom. The Morgan fingerprint density at radius 1 is 1.24 bits per heavy atom. The summed E-state index contributed by atoms with van der Waals surface area (Å²) in [7, 11) is 0. The van der Waals surface area contributed by atoms with Crippen LogP contribution in [0.5, 0.6) is 0 Å². The Morgan fingerprint density at radius 3 is 2.36 bits per heavy atom. The van der Waals surface area contributed by atoms with Crippen LogP contribution in [-0.2, 0) is 9.59 Å². The fourth-order valence-electron chi connectivity index (χ4n) is 4.89. The molecule has 0 bridgehead atoms. The van der Waals surface area contributed by atoms with Crippen LogP contribution in [-0.4, -0.2) is 35.0 Å². The summed E-state index contributed by atoms with van der Waals surface area (Å²) in [5.74, 6) is 4.97. The number of hydrogen-bond acceptors (Lipinski definition) is 4. The average Bonchev–Trinajstić information content (AvgIpc) is 3.31.